The van der Waals surface area contributed by atoms with E-state index in [1.54, 1.807) is 17.7 Å². The number of thiophene rings is 1. The molecule has 0 N–H and O–H groups in total. The Labute approximate surface area is 138 Å². The molecule has 5 heteroatoms. The fourth-order valence-corrected chi connectivity index (χ4v) is 3.99. The minimum atomic E-state index is 0.851. The van der Waals surface area contributed by atoms with Crippen LogP contribution in [-0.2, 0) is 0 Å². The Balaban J connectivity index is 2.09. The second kappa shape index (κ2) is 5.28. The summed E-state index contributed by atoms with van der Waals surface area (Å²) in [6, 6.07) is 12.5. The molecule has 114 valence electrons. The highest BCUT2D eigenvalue weighted by Crippen LogP contribution is 2.39. The molecule has 4 aromatic rings. The van der Waals surface area contributed by atoms with Crippen molar-refractivity contribution < 1.29 is 0 Å². The van der Waals surface area contributed by atoms with Crippen molar-refractivity contribution in [1.29, 1.82) is 0 Å². The van der Waals surface area contributed by atoms with E-state index in [2.05, 4.69) is 59.2 Å². The van der Waals surface area contributed by atoms with Crippen molar-refractivity contribution in [1.82, 2.24) is 19.7 Å². The van der Waals surface area contributed by atoms with Gasteiger partial charge in [0, 0.05) is 16.1 Å². The first-order valence-electron chi connectivity index (χ1n) is 7.48. The summed E-state index contributed by atoms with van der Waals surface area (Å²) in [5.74, 6) is 0.851. The Morgan fingerprint density at radius 2 is 1.78 bits per heavy atom. The van der Waals surface area contributed by atoms with Crippen LogP contribution in [0.2, 0.25) is 0 Å². The maximum absolute atomic E-state index is 4.61. The Kier molecular flexibility index (Phi) is 3.23. The highest BCUT2D eigenvalue weighted by Gasteiger charge is 2.18. The average molecular weight is 320 g/mol. The molecule has 4 rings (SSSR count). The van der Waals surface area contributed by atoms with Gasteiger partial charge >= 0.3 is 0 Å². The quantitative estimate of drug-likeness (QED) is 0.547. The third kappa shape index (κ3) is 2.24. The summed E-state index contributed by atoms with van der Waals surface area (Å²) in [5, 5.41) is 5.68. The molecule has 0 amide bonds. The van der Waals surface area contributed by atoms with Crippen molar-refractivity contribution in [3.05, 3.63) is 59.0 Å². The smallest absolute Gasteiger partial charge is 0.166 e. The van der Waals surface area contributed by atoms with Crippen LogP contribution in [0.25, 0.3) is 27.2 Å². The third-order valence-electron chi connectivity index (χ3n) is 3.92. The van der Waals surface area contributed by atoms with Gasteiger partial charge in [-0.1, -0.05) is 30.3 Å². The number of aromatic nitrogens is 4. The van der Waals surface area contributed by atoms with E-state index in [0.29, 0.717) is 0 Å². The van der Waals surface area contributed by atoms with E-state index in [0.717, 1.165) is 27.4 Å². The second-order valence-corrected chi connectivity index (χ2v) is 6.82. The van der Waals surface area contributed by atoms with E-state index in [-0.39, 0.29) is 0 Å². The van der Waals surface area contributed by atoms with Crippen LogP contribution >= 0.6 is 11.3 Å². The van der Waals surface area contributed by atoms with Crippen LogP contribution < -0.4 is 0 Å². The number of hydrogen-bond acceptors (Lipinski definition) is 4. The van der Waals surface area contributed by atoms with Crippen LogP contribution in [-0.4, -0.2) is 19.7 Å². The molecule has 0 aliphatic heterocycles. The highest BCUT2D eigenvalue weighted by molar-refractivity contribution is 7.19. The third-order valence-corrected chi connectivity index (χ3v) is 4.93. The van der Waals surface area contributed by atoms with Crippen LogP contribution in [0.1, 0.15) is 16.3 Å². The number of nitrogens with zero attached hydrogens (tertiary/aromatic N) is 4. The SMILES string of the molecule is Cc1cc(C)n(-c2ncnc3sc(C)c(-c4ccccc4)c23)n1. The van der Waals surface area contributed by atoms with Gasteiger partial charge in [0.15, 0.2) is 5.82 Å². The van der Waals surface area contributed by atoms with Gasteiger partial charge in [0.1, 0.15) is 11.2 Å². The minimum absolute atomic E-state index is 0.851. The molecule has 4 nitrogen and oxygen atoms in total. The lowest BCUT2D eigenvalue weighted by Gasteiger charge is -2.08. The zero-order valence-corrected chi connectivity index (χ0v) is 14.1. The largest absolute Gasteiger partial charge is 0.225 e. The van der Waals surface area contributed by atoms with Gasteiger partial charge < -0.3 is 0 Å². The van der Waals surface area contributed by atoms with Crippen LogP contribution in [0.15, 0.2) is 42.7 Å². The van der Waals surface area contributed by atoms with Crippen LogP contribution in [0, 0.1) is 20.8 Å². The fraction of sp³-hybridized carbons (Fsp3) is 0.167. The fourth-order valence-electron chi connectivity index (χ4n) is 2.99. The van der Waals surface area contributed by atoms with Gasteiger partial charge in [0.25, 0.3) is 0 Å². The number of rotatable bonds is 2. The summed E-state index contributed by atoms with van der Waals surface area (Å²) in [5.41, 5.74) is 4.45. The summed E-state index contributed by atoms with van der Waals surface area (Å²) in [6.07, 6.45) is 1.62. The van der Waals surface area contributed by atoms with Crippen molar-refractivity contribution in [3.8, 4) is 16.9 Å². The number of hydrogen-bond donors (Lipinski definition) is 0. The number of aryl methyl sites for hydroxylation is 3. The topological polar surface area (TPSA) is 43.6 Å². The summed E-state index contributed by atoms with van der Waals surface area (Å²) in [7, 11) is 0. The molecule has 0 atom stereocenters. The molecule has 0 aliphatic carbocycles. The lowest BCUT2D eigenvalue weighted by Crippen LogP contribution is -2.03. The molecular weight excluding hydrogens is 304 g/mol. The molecular formula is C18H16N4S. The van der Waals surface area contributed by atoms with Gasteiger partial charge in [-0.25, -0.2) is 14.6 Å². The van der Waals surface area contributed by atoms with E-state index in [9.17, 15) is 0 Å². The van der Waals surface area contributed by atoms with E-state index >= 15 is 0 Å². The number of fused-ring (bicyclic) bond motifs is 1. The maximum atomic E-state index is 4.61. The van der Waals surface area contributed by atoms with Crippen LogP contribution in [0.5, 0.6) is 0 Å². The predicted octanol–water partition coefficient (Wildman–Crippen LogP) is 4.47. The Morgan fingerprint density at radius 3 is 2.48 bits per heavy atom. The molecule has 0 bridgehead atoms. The molecule has 0 radical (unpaired) electrons. The zero-order chi connectivity index (χ0) is 16.0. The summed E-state index contributed by atoms with van der Waals surface area (Å²) < 4.78 is 1.91. The summed E-state index contributed by atoms with van der Waals surface area (Å²) in [4.78, 5) is 11.3. The van der Waals surface area contributed by atoms with E-state index in [1.807, 2.05) is 17.7 Å². The maximum Gasteiger partial charge on any atom is 0.166 e. The molecule has 23 heavy (non-hydrogen) atoms. The van der Waals surface area contributed by atoms with Gasteiger partial charge in [-0.15, -0.1) is 11.3 Å². The zero-order valence-electron chi connectivity index (χ0n) is 13.2. The highest BCUT2D eigenvalue weighted by atomic mass is 32.1. The van der Waals surface area contributed by atoms with Gasteiger partial charge in [0.05, 0.1) is 11.1 Å². The van der Waals surface area contributed by atoms with Crippen molar-refractivity contribution in [2.75, 3.05) is 0 Å². The molecule has 3 heterocycles. The van der Waals surface area contributed by atoms with Crippen molar-refractivity contribution in [3.63, 3.8) is 0 Å². The van der Waals surface area contributed by atoms with Crippen LogP contribution in [0.4, 0.5) is 0 Å². The van der Waals surface area contributed by atoms with Gasteiger partial charge in [-0.2, -0.15) is 5.10 Å². The molecule has 0 aliphatic rings. The molecule has 1 aromatic carbocycles. The molecule has 0 saturated heterocycles. The monoisotopic (exact) mass is 320 g/mol. The Bertz CT molecular complexity index is 999. The first-order chi connectivity index (χ1) is 11.1. The van der Waals surface area contributed by atoms with Crippen LogP contribution in [0.3, 0.4) is 0 Å². The average Bonchev–Trinajstić information content (AvgIpc) is 3.06. The first-order valence-corrected chi connectivity index (χ1v) is 8.30. The first kappa shape index (κ1) is 14.1. The predicted molar refractivity (Wildman–Crippen MR) is 94.2 cm³/mol. The lowest BCUT2D eigenvalue weighted by molar-refractivity contribution is 0.811. The van der Waals surface area contributed by atoms with Crippen molar-refractivity contribution in [2.45, 2.75) is 20.8 Å². The van der Waals surface area contributed by atoms with Gasteiger partial charge in [0.2, 0.25) is 0 Å². The summed E-state index contributed by atoms with van der Waals surface area (Å²) >= 11 is 1.70. The second-order valence-electron chi connectivity index (χ2n) is 5.62. The van der Waals surface area contributed by atoms with Gasteiger partial charge in [-0.05, 0) is 32.4 Å². The Morgan fingerprint density at radius 1 is 1.00 bits per heavy atom. The number of benzene rings is 1. The molecule has 0 spiro atoms. The van der Waals surface area contributed by atoms with Crippen molar-refractivity contribution >= 4 is 21.6 Å². The normalized spacial score (nSPS) is 11.3. The molecule has 0 unspecified atom stereocenters. The molecule has 0 fully saturated rings. The van der Waals surface area contributed by atoms with E-state index in [1.165, 1.54) is 16.0 Å². The van der Waals surface area contributed by atoms with E-state index in [4.69, 9.17) is 0 Å². The molecule has 3 aromatic heterocycles. The standard InChI is InChI=1S/C18H16N4S/c1-11-9-12(2)22(21-11)17-16-15(14-7-5-4-6-8-14)13(3)23-18(16)20-10-19-17/h4-10H,1-3H3. The molecule has 0 saturated carbocycles. The van der Waals surface area contributed by atoms with E-state index < -0.39 is 0 Å². The Hall–Kier alpha value is -2.53. The lowest BCUT2D eigenvalue weighted by atomic mass is 10.0. The minimum Gasteiger partial charge on any atom is -0.225 e. The van der Waals surface area contributed by atoms with Gasteiger partial charge in [-0.3, -0.25) is 0 Å². The summed E-state index contributed by atoms with van der Waals surface area (Å²) in [6.45, 7) is 6.19. The van der Waals surface area contributed by atoms with Crippen molar-refractivity contribution in [2.24, 2.45) is 0 Å².